The van der Waals surface area contributed by atoms with Gasteiger partial charge in [0, 0.05) is 4.47 Å². The highest BCUT2D eigenvalue weighted by Crippen LogP contribution is 2.16. The van der Waals surface area contributed by atoms with Gasteiger partial charge in [0.25, 0.3) is 5.91 Å². The molecule has 1 heterocycles. The predicted octanol–water partition coefficient (Wildman–Crippen LogP) is 0.983. The van der Waals surface area contributed by atoms with E-state index in [2.05, 4.69) is 21.2 Å². The SMILES string of the molecule is CCOC(=O)N1CC[NH+](CC(=O)N[C@H](C)c2ccc(Br)cc2)CC1. The Hall–Kier alpha value is -1.60. The van der Waals surface area contributed by atoms with Crippen LogP contribution in [0.2, 0.25) is 0 Å². The van der Waals surface area contributed by atoms with E-state index in [0.29, 0.717) is 26.2 Å². The third kappa shape index (κ3) is 5.49. The first-order valence-electron chi connectivity index (χ1n) is 8.29. The fourth-order valence-electron chi connectivity index (χ4n) is 2.75. The van der Waals surface area contributed by atoms with Gasteiger partial charge in [0.05, 0.1) is 38.8 Å². The Morgan fingerprint density at radius 1 is 1.29 bits per heavy atom. The van der Waals surface area contributed by atoms with Gasteiger partial charge in [-0.3, -0.25) is 9.69 Å². The number of ether oxygens (including phenoxy) is 1. The number of nitrogens with zero attached hydrogens (tertiary/aromatic N) is 1. The van der Waals surface area contributed by atoms with Crippen molar-refractivity contribution in [3.63, 3.8) is 0 Å². The highest BCUT2D eigenvalue weighted by molar-refractivity contribution is 9.10. The number of carbonyl (C=O) groups is 2. The van der Waals surface area contributed by atoms with Crippen molar-refractivity contribution >= 4 is 27.9 Å². The van der Waals surface area contributed by atoms with Crippen LogP contribution in [0.4, 0.5) is 4.79 Å². The van der Waals surface area contributed by atoms with Gasteiger partial charge in [0.15, 0.2) is 6.54 Å². The number of quaternary nitrogens is 1. The first kappa shape index (κ1) is 18.7. The number of piperazine rings is 1. The lowest BCUT2D eigenvalue weighted by molar-refractivity contribution is -0.896. The van der Waals surface area contributed by atoms with Crippen molar-refractivity contribution in [2.75, 3.05) is 39.3 Å². The molecule has 0 saturated carbocycles. The fraction of sp³-hybridized carbons (Fsp3) is 0.529. The summed E-state index contributed by atoms with van der Waals surface area (Å²) in [6.07, 6.45) is -0.259. The van der Waals surface area contributed by atoms with Gasteiger partial charge in [-0.15, -0.1) is 0 Å². The molecule has 0 radical (unpaired) electrons. The molecule has 1 aliphatic rings. The molecule has 2 amide bonds. The van der Waals surface area contributed by atoms with Crippen LogP contribution >= 0.6 is 15.9 Å². The quantitative estimate of drug-likeness (QED) is 0.776. The number of nitrogens with one attached hydrogen (secondary N) is 2. The van der Waals surface area contributed by atoms with Crippen molar-refractivity contribution in [2.45, 2.75) is 19.9 Å². The summed E-state index contributed by atoms with van der Waals surface area (Å²) in [7, 11) is 0. The van der Waals surface area contributed by atoms with Crippen LogP contribution in [-0.4, -0.2) is 56.2 Å². The number of benzene rings is 1. The smallest absolute Gasteiger partial charge is 0.410 e. The second-order valence-electron chi connectivity index (χ2n) is 5.95. The second kappa shape index (κ2) is 9.03. The second-order valence-corrected chi connectivity index (χ2v) is 6.87. The largest absolute Gasteiger partial charge is 0.450 e. The van der Waals surface area contributed by atoms with E-state index in [-0.39, 0.29) is 18.0 Å². The number of halogens is 1. The van der Waals surface area contributed by atoms with E-state index in [1.165, 1.54) is 4.90 Å². The molecule has 24 heavy (non-hydrogen) atoms. The minimum absolute atomic E-state index is 0.0224. The third-order valence-electron chi connectivity index (χ3n) is 4.15. The Morgan fingerprint density at radius 2 is 1.92 bits per heavy atom. The lowest BCUT2D eigenvalue weighted by Gasteiger charge is -2.31. The number of rotatable bonds is 5. The van der Waals surface area contributed by atoms with Gasteiger partial charge in [-0.05, 0) is 31.5 Å². The Balaban J connectivity index is 1.75. The van der Waals surface area contributed by atoms with E-state index in [1.54, 1.807) is 11.8 Å². The van der Waals surface area contributed by atoms with E-state index in [1.807, 2.05) is 31.2 Å². The zero-order valence-corrected chi connectivity index (χ0v) is 15.8. The molecule has 7 heteroatoms. The maximum atomic E-state index is 12.2. The topological polar surface area (TPSA) is 63.1 Å². The molecular weight excluding hydrogens is 374 g/mol. The van der Waals surface area contributed by atoms with E-state index in [0.717, 1.165) is 23.1 Å². The normalized spacial score (nSPS) is 16.5. The molecule has 0 bridgehead atoms. The first-order chi connectivity index (χ1) is 11.5. The van der Waals surface area contributed by atoms with Gasteiger partial charge < -0.3 is 15.0 Å². The first-order valence-corrected chi connectivity index (χ1v) is 9.09. The van der Waals surface area contributed by atoms with E-state index in [4.69, 9.17) is 4.74 Å². The van der Waals surface area contributed by atoms with E-state index < -0.39 is 0 Å². The van der Waals surface area contributed by atoms with E-state index >= 15 is 0 Å². The molecule has 1 atom stereocenters. The number of carbonyl (C=O) groups excluding carboxylic acids is 2. The lowest BCUT2D eigenvalue weighted by atomic mass is 10.1. The molecule has 1 fully saturated rings. The summed E-state index contributed by atoms with van der Waals surface area (Å²) in [4.78, 5) is 26.8. The van der Waals surface area contributed by atoms with Crippen LogP contribution in [0.5, 0.6) is 0 Å². The lowest BCUT2D eigenvalue weighted by Crippen LogP contribution is -3.15. The standard InChI is InChI=1S/C17H24BrN3O3/c1-3-24-17(23)21-10-8-20(9-11-21)12-16(22)19-13(2)14-4-6-15(18)7-5-14/h4-7,13H,3,8-12H2,1-2H3,(H,19,22)/p+1/t13-/m1/s1. The van der Waals surface area contributed by atoms with Crippen LogP contribution in [0.1, 0.15) is 25.5 Å². The minimum atomic E-state index is -0.259. The molecule has 0 aliphatic carbocycles. The summed E-state index contributed by atoms with van der Waals surface area (Å²) in [6, 6.07) is 7.92. The van der Waals surface area contributed by atoms with Gasteiger partial charge in [0.2, 0.25) is 0 Å². The minimum Gasteiger partial charge on any atom is -0.450 e. The highest BCUT2D eigenvalue weighted by atomic mass is 79.9. The Kier molecular flexibility index (Phi) is 7.05. The van der Waals surface area contributed by atoms with Crippen LogP contribution in [0, 0.1) is 0 Å². The summed E-state index contributed by atoms with van der Waals surface area (Å²) in [5.41, 5.74) is 1.08. The zero-order valence-electron chi connectivity index (χ0n) is 14.2. The summed E-state index contributed by atoms with van der Waals surface area (Å²) < 4.78 is 6.02. The van der Waals surface area contributed by atoms with Crippen molar-refractivity contribution in [3.8, 4) is 0 Å². The monoisotopic (exact) mass is 398 g/mol. The molecule has 1 aromatic carbocycles. The average molecular weight is 399 g/mol. The summed E-state index contributed by atoms with van der Waals surface area (Å²) in [6.45, 7) is 7.39. The highest BCUT2D eigenvalue weighted by Gasteiger charge is 2.26. The molecule has 6 nitrogen and oxygen atoms in total. The maximum absolute atomic E-state index is 12.2. The third-order valence-corrected chi connectivity index (χ3v) is 4.68. The Labute approximate surface area is 151 Å². The molecular formula is C17H25BrN3O3+. The molecule has 0 aromatic heterocycles. The molecule has 1 aromatic rings. The van der Waals surface area contributed by atoms with Crippen LogP contribution in [0.15, 0.2) is 28.7 Å². The zero-order chi connectivity index (χ0) is 17.5. The van der Waals surface area contributed by atoms with E-state index in [9.17, 15) is 9.59 Å². The average Bonchev–Trinajstić information content (AvgIpc) is 2.56. The number of amides is 2. The van der Waals surface area contributed by atoms with Gasteiger partial charge in [-0.1, -0.05) is 28.1 Å². The van der Waals surface area contributed by atoms with Crippen molar-refractivity contribution in [1.29, 1.82) is 0 Å². The van der Waals surface area contributed by atoms with Crippen molar-refractivity contribution in [3.05, 3.63) is 34.3 Å². The van der Waals surface area contributed by atoms with Crippen LogP contribution in [-0.2, 0) is 9.53 Å². The number of hydrogen-bond acceptors (Lipinski definition) is 3. The Morgan fingerprint density at radius 3 is 2.50 bits per heavy atom. The molecule has 2 N–H and O–H groups in total. The summed E-state index contributed by atoms with van der Waals surface area (Å²) >= 11 is 3.41. The summed E-state index contributed by atoms with van der Waals surface area (Å²) in [5, 5.41) is 3.04. The maximum Gasteiger partial charge on any atom is 0.410 e. The predicted molar refractivity (Wildman–Crippen MR) is 94.9 cm³/mol. The van der Waals surface area contributed by atoms with Crippen molar-refractivity contribution in [2.24, 2.45) is 0 Å². The fourth-order valence-corrected chi connectivity index (χ4v) is 3.02. The molecule has 132 valence electrons. The molecule has 1 aliphatic heterocycles. The van der Waals surface area contributed by atoms with Crippen molar-refractivity contribution in [1.82, 2.24) is 10.2 Å². The number of hydrogen-bond donors (Lipinski definition) is 2. The van der Waals surface area contributed by atoms with Gasteiger partial charge in [-0.2, -0.15) is 0 Å². The van der Waals surface area contributed by atoms with Crippen LogP contribution in [0.3, 0.4) is 0 Å². The van der Waals surface area contributed by atoms with Gasteiger partial charge >= 0.3 is 6.09 Å². The van der Waals surface area contributed by atoms with Crippen LogP contribution < -0.4 is 10.2 Å². The molecule has 0 spiro atoms. The molecule has 0 unspecified atom stereocenters. The van der Waals surface area contributed by atoms with Crippen LogP contribution in [0.25, 0.3) is 0 Å². The summed E-state index contributed by atoms with van der Waals surface area (Å²) in [5.74, 6) is 0.0324. The molecule has 1 saturated heterocycles. The molecule has 2 rings (SSSR count). The van der Waals surface area contributed by atoms with Gasteiger partial charge in [0.1, 0.15) is 0 Å². The van der Waals surface area contributed by atoms with Gasteiger partial charge in [-0.25, -0.2) is 4.79 Å². The Bertz CT molecular complexity index is 557. The van der Waals surface area contributed by atoms with Crippen molar-refractivity contribution < 1.29 is 19.2 Å².